The smallest absolute Gasteiger partial charge is 0.244 e. The predicted octanol–water partition coefficient (Wildman–Crippen LogP) is 4.38. The number of benzene rings is 2. The molecule has 2 aromatic rings. The molecule has 0 saturated heterocycles. The Morgan fingerprint density at radius 3 is 2.44 bits per heavy atom. The molecule has 0 aromatic heterocycles. The van der Waals surface area contributed by atoms with E-state index >= 15 is 0 Å². The minimum absolute atomic E-state index is 0.172. The van der Waals surface area contributed by atoms with Gasteiger partial charge in [-0.15, -0.1) is 0 Å². The normalized spacial score (nSPS) is 11.9. The first-order valence-electron chi connectivity index (χ1n) is 9.10. The zero-order valence-electron chi connectivity index (χ0n) is 16.3. The molecule has 0 bridgehead atoms. The third kappa shape index (κ3) is 5.78. The van der Waals surface area contributed by atoms with Crippen molar-refractivity contribution in [3.05, 3.63) is 59.7 Å². The number of rotatable bonds is 9. The van der Waals surface area contributed by atoms with E-state index in [1.807, 2.05) is 63.2 Å². The van der Waals surface area contributed by atoms with Crippen molar-refractivity contribution in [3.8, 4) is 17.2 Å². The summed E-state index contributed by atoms with van der Waals surface area (Å²) in [5.41, 5.74) is 1.79. The average Bonchev–Trinajstić information content (AvgIpc) is 2.68. The Hall–Kier alpha value is -2.95. The van der Waals surface area contributed by atoms with Gasteiger partial charge in [0.05, 0.1) is 26.4 Å². The van der Waals surface area contributed by atoms with Crippen molar-refractivity contribution in [1.82, 2.24) is 5.32 Å². The summed E-state index contributed by atoms with van der Waals surface area (Å²) in [4.78, 5) is 12.3. The molecule has 0 radical (unpaired) electrons. The van der Waals surface area contributed by atoms with Crippen LogP contribution < -0.4 is 19.5 Å². The Labute approximate surface area is 161 Å². The van der Waals surface area contributed by atoms with Crippen molar-refractivity contribution in [3.63, 3.8) is 0 Å². The summed E-state index contributed by atoms with van der Waals surface area (Å²) in [5, 5.41) is 2.96. The molecule has 2 aromatic carbocycles. The van der Waals surface area contributed by atoms with Gasteiger partial charge in [-0.25, -0.2) is 0 Å². The Bertz CT molecular complexity index is 786. The topological polar surface area (TPSA) is 56.8 Å². The zero-order valence-corrected chi connectivity index (χ0v) is 16.3. The number of carbonyl (C=O) groups excluding carboxylic acids is 1. The number of hydrogen-bond acceptors (Lipinski definition) is 4. The van der Waals surface area contributed by atoms with Gasteiger partial charge in [0.25, 0.3) is 0 Å². The number of carbonyl (C=O) groups is 1. The van der Waals surface area contributed by atoms with Crippen LogP contribution in [0.3, 0.4) is 0 Å². The molecular formula is C22H27NO4. The summed E-state index contributed by atoms with van der Waals surface area (Å²) in [7, 11) is 1.61. The Morgan fingerprint density at radius 2 is 1.74 bits per heavy atom. The van der Waals surface area contributed by atoms with Crippen molar-refractivity contribution in [2.45, 2.75) is 26.8 Å². The molecule has 0 aliphatic rings. The largest absolute Gasteiger partial charge is 0.496 e. The fourth-order valence-corrected chi connectivity index (χ4v) is 2.65. The van der Waals surface area contributed by atoms with Crippen LogP contribution in [0.4, 0.5) is 0 Å². The molecule has 5 nitrogen and oxygen atoms in total. The molecule has 0 spiro atoms. The fraction of sp³-hybridized carbons (Fsp3) is 0.318. The van der Waals surface area contributed by atoms with Gasteiger partial charge in [0.1, 0.15) is 5.75 Å². The second kappa shape index (κ2) is 10.3. The number of para-hydroxylation sites is 1. The summed E-state index contributed by atoms with van der Waals surface area (Å²) >= 11 is 0. The molecule has 0 aliphatic carbocycles. The fourth-order valence-electron chi connectivity index (χ4n) is 2.65. The van der Waals surface area contributed by atoms with Crippen molar-refractivity contribution in [2.75, 3.05) is 20.3 Å². The van der Waals surface area contributed by atoms with E-state index in [-0.39, 0.29) is 11.9 Å². The van der Waals surface area contributed by atoms with Gasteiger partial charge in [0, 0.05) is 11.6 Å². The lowest BCUT2D eigenvalue weighted by Gasteiger charge is -2.17. The first-order chi connectivity index (χ1) is 13.1. The summed E-state index contributed by atoms with van der Waals surface area (Å²) in [5.74, 6) is 1.93. The Morgan fingerprint density at radius 1 is 1.04 bits per heavy atom. The van der Waals surface area contributed by atoms with Crippen molar-refractivity contribution >= 4 is 12.0 Å². The van der Waals surface area contributed by atoms with Crippen LogP contribution in [0, 0.1) is 0 Å². The first kappa shape index (κ1) is 20.4. The summed E-state index contributed by atoms with van der Waals surface area (Å²) < 4.78 is 16.5. The minimum atomic E-state index is -0.180. The van der Waals surface area contributed by atoms with Crippen molar-refractivity contribution < 1.29 is 19.0 Å². The van der Waals surface area contributed by atoms with Gasteiger partial charge in [-0.05, 0) is 50.6 Å². The third-order valence-corrected chi connectivity index (χ3v) is 3.98. The maximum Gasteiger partial charge on any atom is 0.244 e. The molecule has 1 atom stereocenters. The zero-order chi connectivity index (χ0) is 19.6. The monoisotopic (exact) mass is 369 g/mol. The minimum Gasteiger partial charge on any atom is -0.496 e. The molecule has 144 valence electrons. The van der Waals surface area contributed by atoms with Crippen molar-refractivity contribution in [1.29, 1.82) is 0 Å². The third-order valence-electron chi connectivity index (χ3n) is 3.98. The molecule has 2 rings (SSSR count). The van der Waals surface area contributed by atoms with Gasteiger partial charge in [-0.1, -0.05) is 24.3 Å². The highest BCUT2D eigenvalue weighted by molar-refractivity contribution is 5.92. The second-order valence-corrected chi connectivity index (χ2v) is 5.88. The summed E-state index contributed by atoms with van der Waals surface area (Å²) in [6, 6.07) is 13.1. The van der Waals surface area contributed by atoms with E-state index in [0.717, 1.165) is 16.9 Å². The molecular weight excluding hydrogens is 342 g/mol. The number of nitrogens with one attached hydrogen (secondary N) is 1. The van der Waals surface area contributed by atoms with Gasteiger partial charge in [-0.3, -0.25) is 4.79 Å². The van der Waals surface area contributed by atoms with Gasteiger partial charge in [0.15, 0.2) is 11.5 Å². The van der Waals surface area contributed by atoms with Crippen LogP contribution in [0.15, 0.2) is 48.5 Å². The summed E-state index contributed by atoms with van der Waals surface area (Å²) in [6.45, 7) is 6.91. The van der Waals surface area contributed by atoms with Gasteiger partial charge in [0.2, 0.25) is 5.91 Å². The number of ether oxygens (including phenoxy) is 3. The lowest BCUT2D eigenvalue weighted by Crippen LogP contribution is -2.24. The van der Waals surface area contributed by atoms with Crippen LogP contribution in [0.5, 0.6) is 17.2 Å². The second-order valence-electron chi connectivity index (χ2n) is 5.88. The highest BCUT2D eigenvalue weighted by Crippen LogP contribution is 2.30. The van der Waals surface area contributed by atoms with Crippen molar-refractivity contribution in [2.24, 2.45) is 0 Å². The van der Waals surface area contributed by atoms with Crippen LogP contribution in [-0.2, 0) is 4.79 Å². The standard InChI is InChI=1S/C22H27NO4/c1-5-26-20-13-11-18(15-21(20)27-6-2)16(3)23-22(24)14-12-17-9-7-8-10-19(17)25-4/h7-16H,5-6H2,1-4H3,(H,23,24)/b14-12+. The van der Waals surface area contributed by atoms with E-state index in [1.54, 1.807) is 13.2 Å². The van der Waals surface area contributed by atoms with E-state index in [4.69, 9.17) is 14.2 Å². The highest BCUT2D eigenvalue weighted by atomic mass is 16.5. The molecule has 1 unspecified atom stereocenters. The number of amides is 1. The van der Waals surface area contributed by atoms with E-state index in [0.29, 0.717) is 24.7 Å². The molecule has 27 heavy (non-hydrogen) atoms. The van der Waals surface area contributed by atoms with E-state index < -0.39 is 0 Å². The van der Waals surface area contributed by atoms with E-state index in [2.05, 4.69) is 5.32 Å². The van der Waals surface area contributed by atoms with E-state index in [1.165, 1.54) is 6.08 Å². The Kier molecular flexibility index (Phi) is 7.74. The van der Waals surface area contributed by atoms with Gasteiger partial charge >= 0.3 is 0 Å². The lowest BCUT2D eigenvalue weighted by molar-refractivity contribution is -0.117. The number of methoxy groups -OCH3 is 1. The van der Waals surface area contributed by atoms with Gasteiger partial charge in [-0.2, -0.15) is 0 Å². The SMILES string of the molecule is CCOc1ccc(C(C)NC(=O)/C=C/c2ccccc2OC)cc1OCC. The highest BCUT2D eigenvalue weighted by Gasteiger charge is 2.12. The molecule has 1 amide bonds. The molecule has 5 heteroatoms. The van der Waals surface area contributed by atoms with E-state index in [9.17, 15) is 4.79 Å². The van der Waals surface area contributed by atoms with Crippen LogP contribution in [0.2, 0.25) is 0 Å². The molecule has 0 heterocycles. The van der Waals surface area contributed by atoms with Crippen LogP contribution >= 0.6 is 0 Å². The van der Waals surface area contributed by atoms with Crippen LogP contribution in [-0.4, -0.2) is 26.2 Å². The predicted molar refractivity (Wildman–Crippen MR) is 107 cm³/mol. The first-order valence-corrected chi connectivity index (χ1v) is 9.10. The maximum absolute atomic E-state index is 12.3. The maximum atomic E-state index is 12.3. The average molecular weight is 369 g/mol. The molecule has 0 fully saturated rings. The molecule has 0 saturated carbocycles. The molecule has 0 aliphatic heterocycles. The van der Waals surface area contributed by atoms with Gasteiger partial charge < -0.3 is 19.5 Å². The number of hydrogen-bond donors (Lipinski definition) is 1. The lowest BCUT2D eigenvalue weighted by atomic mass is 10.1. The Balaban J connectivity index is 2.07. The van der Waals surface area contributed by atoms with Crippen LogP contribution in [0.25, 0.3) is 6.08 Å². The summed E-state index contributed by atoms with van der Waals surface area (Å²) in [6.07, 6.45) is 3.25. The molecule has 1 N–H and O–H groups in total. The van der Waals surface area contributed by atoms with Crippen LogP contribution in [0.1, 0.15) is 37.9 Å². The quantitative estimate of drug-likeness (QED) is 0.666.